The lowest BCUT2D eigenvalue weighted by Gasteiger charge is -2.36. The molecule has 42 heavy (non-hydrogen) atoms. The number of aliphatic carboxylic acids is 1. The van der Waals surface area contributed by atoms with E-state index in [1.54, 1.807) is 6.08 Å². The first-order valence-corrected chi connectivity index (χ1v) is 15.7. The van der Waals surface area contributed by atoms with Crippen LogP contribution in [0.2, 0.25) is 5.02 Å². The second kappa shape index (κ2) is 13.4. The van der Waals surface area contributed by atoms with Gasteiger partial charge >= 0.3 is 5.97 Å². The average Bonchev–Trinajstić information content (AvgIpc) is 3.25. The predicted octanol–water partition coefficient (Wildman–Crippen LogP) is 7.03. The summed E-state index contributed by atoms with van der Waals surface area (Å²) in [6.45, 7) is 8.53. The number of rotatable bonds is 9. The van der Waals surface area contributed by atoms with Crippen molar-refractivity contribution in [2.45, 2.75) is 32.9 Å². The van der Waals surface area contributed by atoms with Crippen molar-refractivity contribution in [2.75, 3.05) is 31.1 Å². The number of carbonyl (C=O) groups excluding carboxylic acids is 1. The Labute approximate surface area is 262 Å². The van der Waals surface area contributed by atoms with E-state index >= 15 is 0 Å². The van der Waals surface area contributed by atoms with Gasteiger partial charge in [-0.2, -0.15) is 0 Å². The molecule has 0 bridgehead atoms. The first-order chi connectivity index (χ1) is 20.2. The lowest BCUT2D eigenvalue weighted by Crippen LogP contribution is -2.46. The Kier molecular flexibility index (Phi) is 9.68. The third-order valence-electron chi connectivity index (χ3n) is 7.61. The normalized spacial score (nSPS) is 17.9. The smallest absolute Gasteiger partial charge is 0.326 e. The number of amides is 1. The highest BCUT2D eigenvalue weighted by molar-refractivity contribution is 8.26. The summed E-state index contributed by atoms with van der Waals surface area (Å²) in [7, 11) is 0. The van der Waals surface area contributed by atoms with Crippen LogP contribution in [0, 0.1) is 5.92 Å². The molecule has 2 saturated heterocycles. The van der Waals surface area contributed by atoms with E-state index < -0.39 is 12.0 Å². The van der Waals surface area contributed by atoms with Crippen molar-refractivity contribution in [3.05, 3.63) is 93.9 Å². The quantitative estimate of drug-likeness (QED) is 0.204. The fourth-order valence-electron chi connectivity index (χ4n) is 5.42. The number of carboxylic acids is 1. The summed E-state index contributed by atoms with van der Waals surface area (Å²) in [5, 5.41) is 10.5. The zero-order valence-electron chi connectivity index (χ0n) is 23.7. The molecule has 0 radical (unpaired) electrons. The molecule has 0 aliphatic carbocycles. The summed E-state index contributed by atoms with van der Waals surface area (Å²) in [5.41, 5.74) is 5.74. The zero-order valence-corrected chi connectivity index (χ0v) is 26.1. The second-order valence-electron chi connectivity index (χ2n) is 11.1. The molecule has 1 N–H and O–H groups in total. The van der Waals surface area contributed by atoms with Crippen LogP contribution in [0.5, 0.6) is 0 Å². The Bertz CT molecular complexity index is 1480. The maximum atomic E-state index is 13.1. The second-order valence-corrected chi connectivity index (χ2v) is 13.2. The number of piperazine rings is 1. The number of carbonyl (C=O) groups is 2. The van der Waals surface area contributed by atoms with E-state index in [4.69, 9.17) is 23.8 Å². The van der Waals surface area contributed by atoms with Crippen molar-refractivity contribution < 1.29 is 14.7 Å². The van der Waals surface area contributed by atoms with Gasteiger partial charge in [-0.25, -0.2) is 4.79 Å². The van der Waals surface area contributed by atoms with E-state index in [0.29, 0.717) is 15.6 Å². The topological polar surface area (TPSA) is 64.1 Å². The number of benzene rings is 3. The summed E-state index contributed by atoms with van der Waals surface area (Å²) in [6, 6.07) is 23.8. The highest BCUT2D eigenvalue weighted by Gasteiger charge is 2.40. The Balaban J connectivity index is 1.20. The van der Waals surface area contributed by atoms with Gasteiger partial charge in [0.05, 0.1) is 4.91 Å². The molecular weight excluding hydrogens is 586 g/mol. The van der Waals surface area contributed by atoms with Gasteiger partial charge in [-0.05, 0) is 64.9 Å². The van der Waals surface area contributed by atoms with E-state index in [0.717, 1.165) is 49.0 Å². The molecule has 0 unspecified atom stereocenters. The van der Waals surface area contributed by atoms with Gasteiger partial charge in [-0.3, -0.25) is 14.6 Å². The summed E-state index contributed by atoms with van der Waals surface area (Å²) in [6.07, 6.45) is 2.15. The molecule has 2 heterocycles. The number of halogens is 1. The third kappa shape index (κ3) is 7.06. The molecule has 218 valence electrons. The molecule has 0 aromatic heterocycles. The molecule has 1 amide bonds. The predicted molar refractivity (Wildman–Crippen MR) is 177 cm³/mol. The van der Waals surface area contributed by atoms with Crippen LogP contribution in [0.1, 0.15) is 31.4 Å². The van der Waals surface area contributed by atoms with Crippen LogP contribution in [0.3, 0.4) is 0 Å². The number of nitrogens with zero attached hydrogens (tertiary/aromatic N) is 3. The minimum atomic E-state index is -1.03. The Morgan fingerprint density at radius 1 is 1.00 bits per heavy atom. The summed E-state index contributed by atoms with van der Waals surface area (Å²) >= 11 is 12.7. The van der Waals surface area contributed by atoms with Gasteiger partial charge < -0.3 is 10.0 Å². The first kappa shape index (κ1) is 30.3. The summed E-state index contributed by atoms with van der Waals surface area (Å²) in [4.78, 5) is 31.6. The van der Waals surface area contributed by atoms with Crippen molar-refractivity contribution in [3.8, 4) is 11.1 Å². The van der Waals surface area contributed by atoms with Crippen LogP contribution in [-0.2, 0) is 16.1 Å². The van der Waals surface area contributed by atoms with Crippen molar-refractivity contribution in [3.63, 3.8) is 0 Å². The SMILES string of the molecule is CC(C)C[C@@H](C(=O)O)N1C(=O)/C(=C/c2ccc(N3CCN(Cc4ccccc4-c4ccc(Cl)cc4)CC3)cc2)SC1=S. The van der Waals surface area contributed by atoms with Crippen LogP contribution >= 0.6 is 35.6 Å². The van der Waals surface area contributed by atoms with Crippen molar-refractivity contribution in [2.24, 2.45) is 5.92 Å². The van der Waals surface area contributed by atoms with E-state index in [2.05, 4.69) is 58.3 Å². The van der Waals surface area contributed by atoms with E-state index in [1.807, 2.05) is 38.1 Å². The molecule has 2 fully saturated rings. The molecule has 0 saturated carbocycles. The van der Waals surface area contributed by atoms with Crippen molar-refractivity contribution >= 4 is 63.5 Å². The number of thiocarbonyl (C=S) groups is 1. The number of thioether (sulfide) groups is 1. The molecular formula is C33H34ClN3O3S2. The Hall–Kier alpha value is -3.17. The Morgan fingerprint density at radius 3 is 2.31 bits per heavy atom. The molecule has 9 heteroatoms. The molecule has 0 spiro atoms. The van der Waals surface area contributed by atoms with Gasteiger partial charge in [0.1, 0.15) is 10.4 Å². The monoisotopic (exact) mass is 619 g/mol. The van der Waals surface area contributed by atoms with Gasteiger partial charge in [0.25, 0.3) is 5.91 Å². The number of hydrogen-bond acceptors (Lipinski definition) is 6. The van der Waals surface area contributed by atoms with Gasteiger partial charge in [0.2, 0.25) is 0 Å². The first-order valence-electron chi connectivity index (χ1n) is 14.1. The van der Waals surface area contributed by atoms with Crippen molar-refractivity contribution in [1.29, 1.82) is 0 Å². The number of anilines is 1. The molecule has 3 aromatic rings. The van der Waals surface area contributed by atoms with E-state index in [9.17, 15) is 14.7 Å². The van der Waals surface area contributed by atoms with Crippen LogP contribution in [0.25, 0.3) is 17.2 Å². The maximum absolute atomic E-state index is 13.1. The molecule has 2 aliphatic heterocycles. The largest absolute Gasteiger partial charge is 0.480 e. The fourth-order valence-corrected chi connectivity index (χ4v) is 6.90. The van der Waals surface area contributed by atoms with Crippen molar-refractivity contribution in [1.82, 2.24) is 9.80 Å². The van der Waals surface area contributed by atoms with Gasteiger partial charge in [-0.15, -0.1) is 0 Å². The number of carboxylic acid groups (broad SMARTS) is 1. The minimum Gasteiger partial charge on any atom is -0.480 e. The average molecular weight is 620 g/mol. The fraction of sp³-hybridized carbons (Fsp3) is 0.303. The van der Waals surface area contributed by atoms with Gasteiger partial charge in [0.15, 0.2) is 0 Å². The summed E-state index contributed by atoms with van der Waals surface area (Å²) < 4.78 is 0.296. The third-order valence-corrected chi connectivity index (χ3v) is 9.19. The highest BCUT2D eigenvalue weighted by atomic mass is 35.5. The summed E-state index contributed by atoms with van der Waals surface area (Å²) in [5.74, 6) is -1.24. The van der Waals surface area contributed by atoms with Crippen LogP contribution in [0.4, 0.5) is 5.69 Å². The van der Waals surface area contributed by atoms with Gasteiger partial charge in [0, 0.05) is 43.4 Å². The molecule has 2 aliphatic rings. The van der Waals surface area contributed by atoms with Gasteiger partial charge in [-0.1, -0.05) is 98.0 Å². The molecule has 3 aromatic carbocycles. The van der Waals surface area contributed by atoms with Crippen LogP contribution in [0.15, 0.2) is 77.7 Å². The van der Waals surface area contributed by atoms with Crippen LogP contribution < -0.4 is 4.90 Å². The molecule has 1 atom stereocenters. The number of hydrogen-bond donors (Lipinski definition) is 1. The minimum absolute atomic E-state index is 0.124. The van der Waals surface area contributed by atoms with E-state index in [-0.39, 0.29) is 11.8 Å². The standard InChI is InChI=1S/C33H34ClN3O3S2/c1-22(2)19-29(32(39)40)37-31(38)30(42-33(37)41)20-23-7-13-27(14-8-23)36-17-15-35(16-18-36)21-25-5-3-4-6-28(25)24-9-11-26(34)12-10-24/h3-14,20,22,29H,15-19,21H2,1-2H3,(H,39,40)/b30-20-/t29-/m0/s1. The van der Waals surface area contributed by atoms with Crippen LogP contribution in [-0.4, -0.2) is 63.3 Å². The zero-order chi connectivity index (χ0) is 29.8. The molecule has 5 rings (SSSR count). The maximum Gasteiger partial charge on any atom is 0.326 e. The lowest BCUT2D eigenvalue weighted by atomic mass is 9.99. The molecule has 6 nitrogen and oxygen atoms in total. The van der Waals surface area contributed by atoms with E-state index in [1.165, 1.54) is 33.4 Å². The highest BCUT2D eigenvalue weighted by Crippen LogP contribution is 2.35. The Morgan fingerprint density at radius 2 is 1.67 bits per heavy atom. The lowest BCUT2D eigenvalue weighted by molar-refractivity contribution is -0.145.